The lowest BCUT2D eigenvalue weighted by atomic mass is 9.91. The Morgan fingerprint density at radius 3 is 2.16 bits per heavy atom. The van der Waals surface area contributed by atoms with Gasteiger partial charge in [-0.3, -0.25) is 0 Å². The monoisotopic (exact) mass is 544 g/mol. The van der Waals surface area contributed by atoms with E-state index < -0.39 is 18.1 Å². The molecule has 0 amide bonds. The molecular weight excluding hydrogens is 523 g/mol. The maximum atomic E-state index is 11.8. The fourth-order valence-electron chi connectivity index (χ4n) is 4.50. The zero-order valence-electron chi connectivity index (χ0n) is 17.5. The first kappa shape index (κ1) is 22.1. The minimum absolute atomic E-state index is 0.367. The summed E-state index contributed by atoms with van der Waals surface area (Å²) >= 11 is 2.15. The van der Waals surface area contributed by atoms with E-state index in [1.165, 1.54) is 0 Å². The molecule has 2 N–H and O–H groups in total. The van der Waals surface area contributed by atoms with Crippen LogP contribution in [0.2, 0.25) is 0 Å². The molecule has 1 aliphatic rings. The van der Waals surface area contributed by atoms with Gasteiger partial charge < -0.3 is 19.7 Å². The van der Waals surface area contributed by atoms with Gasteiger partial charge in [0.15, 0.2) is 0 Å². The smallest absolute Gasteiger partial charge is 0.450 e. The number of ether oxygens (including phenoxy) is 2. The van der Waals surface area contributed by atoms with E-state index in [4.69, 9.17) is 9.47 Å². The summed E-state index contributed by atoms with van der Waals surface area (Å²) in [5.41, 5.74) is 4.29. The topological polar surface area (TPSA) is 93.1 Å². The molecule has 6 nitrogen and oxygen atoms in total. The summed E-state index contributed by atoms with van der Waals surface area (Å²) in [6.45, 7) is 4.07. The normalized spacial score (nSPS) is 14.3. The van der Waals surface area contributed by atoms with Gasteiger partial charge in [0.05, 0.1) is 11.1 Å². The summed E-state index contributed by atoms with van der Waals surface area (Å²) in [6.07, 6.45) is -1.77. The molecule has 0 saturated heterocycles. The summed E-state index contributed by atoms with van der Waals surface area (Å²) in [5, 5.41) is 21.2. The van der Waals surface area contributed by atoms with E-state index in [0.717, 1.165) is 33.9 Å². The van der Waals surface area contributed by atoms with Crippen LogP contribution in [-0.4, -0.2) is 22.5 Å². The number of hydrogen-bond donors (Lipinski definition) is 2. The molecule has 3 aromatic carbocycles. The molecule has 0 atom stereocenters. The number of carboxylic acid groups (broad SMARTS) is 2. The molecule has 0 heterocycles. The third-order valence-electron chi connectivity index (χ3n) is 5.77. The van der Waals surface area contributed by atoms with Crippen LogP contribution >= 0.6 is 22.6 Å². The van der Waals surface area contributed by atoms with Crippen LogP contribution in [-0.2, 0) is 28.1 Å². The first-order chi connectivity index (χ1) is 15.3. The zero-order chi connectivity index (χ0) is 23.0. The highest BCUT2D eigenvalue weighted by Gasteiger charge is 2.54. The second-order valence-electron chi connectivity index (χ2n) is 7.44. The van der Waals surface area contributed by atoms with Crippen molar-refractivity contribution in [2.75, 3.05) is 0 Å². The Morgan fingerprint density at radius 1 is 0.906 bits per heavy atom. The molecule has 3 aromatic rings. The second-order valence-corrected chi connectivity index (χ2v) is 8.52. The van der Waals surface area contributed by atoms with Crippen molar-refractivity contribution in [1.82, 2.24) is 0 Å². The molecule has 0 aliphatic heterocycles. The van der Waals surface area contributed by atoms with Crippen LogP contribution in [0, 0.1) is 0 Å². The summed E-state index contributed by atoms with van der Waals surface area (Å²) < 4.78 is 11.3. The van der Waals surface area contributed by atoms with Crippen LogP contribution in [0.15, 0.2) is 54.6 Å². The number of aryl methyl sites for hydroxylation is 1. The van der Waals surface area contributed by atoms with E-state index in [0.29, 0.717) is 26.7 Å². The quantitative estimate of drug-likeness (QED) is 0.208. The van der Waals surface area contributed by atoms with Crippen LogP contribution in [0.1, 0.15) is 41.7 Å². The van der Waals surface area contributed by atoms with E-state index in [9.17, 15) is 19.8 Å². The van der Waals surface area contributed by atoms with E-state index in [2.05, 4.69) is 22.6 Å². The number of halogens is 1. The highest BCUT2D eigenvalue weighted by Crippen LogP contribution is 2.56. The lowest BCUT2D eigenvalue weighted by Gasteiger charge is -2.30. The van der Waals surface area contributed by atoms with Gasteiger partial charge in [-0.15, -0.1) is 0 Å². The minimum Gasteiger partial charge on any atom is -0.450 e. The Balaban J connectivity index is 2.09. The van der Waals surface area contributed by atoms with Crippen molar-refractivity contribution in [3.8, 4) is 0 Å². The van der Waals surface area contributed by atoms with Crippen molar-refractivity contribution in [2.45, 2.75) is 32.5 Å². The van der Waals surface area contributed by atoms with Gasteiger partial charge in [0.25, 0.3) is 0 Å². The molecule has 32 heavy (non-hydrogen) atoms. The maximum Gasteiger partial charge on any atom is 0.509 e. The van der Waals surface area contributed by atoms with Gasteiger partial charge in [0, 0.05) is 9.14 Å². The molecule has 4 rings (SSSR count). The Morgan fingerprint density at radius 2 is 1.56 bits per heavy atom. The number of fused-ring (bicyclic) bond motifs is 2. The van der Waals surface area contributed by atoms with Gasteiger partial charge in [0.1, 0.15) is 0 Å². The molecule has 164 valence electrons. The van der Waals surface area contributed by atoms with Gasteiger partial charge in [-0.25, -0.2) is 9.59 Å². The Kier molecular flexibility index (Phi) is 5.85. The van der Waals surface area contributed by atoms with Crippen LogP contribution in [0.4, 0.5) is 9.59 Å². The molecule has 0 fully saturated rings. The fraction of sp³-hybridized carbons (Fsp3) is 0.200. The molecule has 1 aliphatic carbocycles. The molecule has 0 unspecified atom stereocenters. The average molecular weight is 544 g/mol. The molecule has 0 aromatic heterocycles. The predicted molar refractivity (Wildman–Crippen MR) is 130 cm³/mol. The van der Waals surface area contributed by atoms with Crippen molar-refractivity contribution >= 4 is 54.8 Å². The molecule has 0 bridgehead atoms. The maximum absolute atomic E-state index is 11.8. The van der Waals surface area contributed by atoms with Crippen molar-refractivity contribution in [1.29, 1.82) is 0 Å². The van der Waals surface area contributed by atoms with E-state index in [1.807, 2.05) is 62.4 Å². The molecular formula is C25H21IO6. The SMILES string of the molecule is CCc1ccc2c(c1CC)C(I)=C(c1ccc3ccccc3c1)C2(OC(=O)O)OC(=O)O. The first-order valence-electron chi connectivity index (χ1n) is 10.2. The van der Waals surface area contributed by atoms with Crippen molar-refractivity contribution in [3.05, 3.63) is 82.4 Å². The third-order valence-corrected chi connectivity index (χ3v) is 6.85. The van der Waals surface area contributed by atoms with E-state index in [1.54, 1.807) is 6.07 Å². The Bertz CT molecular complexity index is 1260. The second kappa shape index (κ2) is 8.46. The van der Waals surface area contributed by atoms with Gasteiger partial charge in [-0.05, 0) is 75.0 Å². The largest absolute Gasteiger partial charge is 0.509 e. The van der Waals surface area contributed by atoms with Crippen molar-refractivity contribution in [2.24, 2.45) is 0 Å². The van der Waals surface area contributed by atoms with E-state index >= 15 is 0 Å². The first-order valence-corrected chi connectivity index (χ1v) is 11.3. The third kappa shape index (κ3) is 3.50. The summed E-state index contributed by atoms with van der Waals surface area (Å²) in [5.74, 6) is -2.12. The molecule has 0 saturated carbocycles. The highest BCUT2D eigenvalue weighted by molar-refractivity contribution is 14.1. The number of hydrogen-bond acceptors (Lipinski definition) is 4. The van der Waals surface area contributed by atoms with E-state index in [-0.39, 0.29) is 0 Å². The van der Waals surface area contributed by atoms with Crippen LogP contribution in [0.25, 0.3) is 19.9 Å². The van der Waals surface area contributed by atoms with Gasteiger partial charge >= 0.3 is 18.1 Å². The molecule has 7 heteroatoms. The lowest BCUT2D eigenvalue weighted by molar-refractivity contribution is -0.146. The van der Waals surface area contributed by atoms with Gasteiger partial charge in [-0.1, -0.05) is 56.3 Å². The van der Waals surface area contributed by atoms with Crippen LogP contribution in [0.5, 0.6) is 0 Å². The summed E-state index contributed by atoms with van der Waals surface area (Å²) in [7, 11) is 0. The van der Waals surface area contributed by atoms with Gasteiger partial charge in [0.2, 0.25) is 0 Å². The standard InChI is InChI=1S/C25H21IO6/c1-3-14-11-12-19-20(18(14)4-2)22(26)21(25(19,31-23(27)28)32-24(29)30)17-10-9-15-7-5-6-8-16(15)13-17/h5-13H,3-4H2,1-2H3,(H,27,28)(H,29,30). The summed E-state index contributed by atoms with van der Waals surface area (Å²) in [6, 6.07) is 17.0. The van der Waals surface area contributed by atoms with Crippen molar-refractivity contribution < 1.29 is 29.3 Å². The highest BCUT2D eigenvalue weighted by atomic mass is 127. The number of carbonyl (C=O) groups is 2. The molecule has 0 radical (unpaired) electrons. The van der Waals surface area contributed by atoms with Gasteiger partial charge in [-0.2, -0.15) is 0 Å². The predicted octanol–water partition coefficient (Wildman–Crippen LogP) is 6.82. The van der Waals surface area contributed by atoms with Crippen molar-refractivity contribution in [3.63, 3.8) is 0 Å². The fourth-order valence-corrected chi connectivity index (χ4v) is 5.78. The number of rotatable bonds is 5. The lowest BCUT2D eigenvalue weighted by Crippen LogP contribution is -2.37. The van der Waals surface area contributed by atoms with Crippen LogP contribution < -0.4 is 0 Å². The van der Waals surface area contributed by atoms with Crippen LogP contribution in [0.3, 0.4) is 0 Å². The Hall–Kier alpha value is -3.07. The average Bonchev–Trinajstić information content (AvgIpc) is 2.99. The molecule has 0 spiro atoms. The number of benzene rings is 3. The minimum atomic E-state index is -2.12. The zero-order valence-corrected chi connectivity index (χ0v) is 19.7. The Labute approximate surface area is 198 Å². The summed E-state index contributed by atoms with van der Waals surface area (Å²) in [4.78, 5) is 23.6.